The third-order valence-corrected chi connectivity index (χ3v) is 4.55. The Morgan fingerprint density at radius 1 is 1.40 bits per heavy atom. The molecule has 1 amide bonds. The molecule has 5 heteroatoms. The van der Waals surface area contributed by atoms with Crippen molar-refractivity contribution in [1.29, 1.82) is 0 Å². The summed E-state index contributed by atoms with van der Waals surface area (Å²) in [5.74, 6) is 0.157. The maximum absolute atomic E-state index is 12.5. The van der Waals surface area contributed by atoms with E-state index < -0.39 is 5.41 Å². The van der Waals surface area contributed by atoms with Gasteiger partial charge in [0.1, 0.15) is 0 Å². The number of nitrogen functional groups attached to an aromatic ring is 1. The number of nitrogens with two attached hydrogens (primary N) is 1. The second kappa shape index (κ2) is 4.31. The first kappa shape index (κ1) is 13.1. The summed E-state index contributed by atoms with van der Waals surface area (Å²) < 4.78 is 0. The maximum atomic E-state index is 12.5. The number of likely N-dealkylation sites (N-methyl/N-ethyl adjacent to an activating group) is 1. The summed E-state index contributed by atoms with van der Waals surface area (Å²) in [6.45, 7) is 6.64. The Morgan fingerprint density at radius 3 is 2.75 bits per heavy atom. The number of anilines is 2. The summed E-state index contributed by atoms with van der Waals surface area (Å²) in [7, 11) is 0. The molecule has 4 nitrogen and oxygen atoms in total. The van der Waals surface area contributed by atoms with E-state index in [4.69, 9.17) is 5.73 Å². The average Bonchev–Trinajstić information content (AvgIpc) is 2.92. The lowest BCUT2D eigenvalue weighted by atomic mass is 9.85. The van der Waals surface area contributed by atoms with Crippen molar-refractivity contribution in [1.82, 2.24) is 4.98 Å². The number of carbonyl (C=O) groups excluding carboxylic acids is 1. The van der Waals surface area contributed by atoms with Crippen LogP contribution in [-0.4, -0.2) is 17.4 Å². The summed E-state index contributed by atoms with van der Waals surface area (Å²) in [6.07, 6.45) is 0. The molecule has 1 aliphatic rings. The van der Waals surface area contributed by atoms with Gasteiger partial charge in [0.2, 0.25) is 5.91 Å². The Labute approximate surface area is 122 Å². The molecule has 0 radical (unpaired) electrons. The lowest BCUT2D eigenvalue weighted by Crippen LogP contribution is -2.35. The summed E-state index contributed by atoms with van der Waals surface area (Å²) >= 11 is 1.43. The minimum Gasteiger partial charge on any atom is -0.375 e. The van der Waals surface area contributed by atoms with Crippen molar-refractivity contribution >= 4 is 28.1 Å². The molecule has 1 aromatic heterocycles. The Bertz CT molecular complexity index is 690. The molecule has 3 rings (SSSR count). The van der Waals surface area contributed by atoms with E-state index in [0.29, 0.717) is 11.7 Å². The highest BCUT2D eigenvalue weighted by atomic mass is 32.1. The van der Waals surface area contributed by atoms with E-state index in [2.05, 4.69) is 11.1 Å². The molecule has 2 heterocycles. The summed E-state index contributed by atoms with van der Waals surface area (Å²) in [6, 6.07) is 6.08. The Hall–Kier alpha value is -1.88. The van der Waals surface area contributed by atoms with Crippen LogP contribution in [-0.2, 0) is 10.2 Å². The van der Waals surface area contributed by atoms with E-state index in [-0.39, 0.29) is 5.91 Å². The van der Waals surface area contributed by atoms with Gasteiger partial charge in [0.15, 0.2) is 5.13 Å². The zero-order valence-electron chi connectivity index (χ0n) is 11.8. The van der Waals surface area contributed by atoms with Gasteiger partial charge in [0, 0.05) is 23.2 Å². The normalized spacial score (nSPS) is 16.6. The third kappa shape index (κ3) is 1.73. The topological polar surface area (TPSA) is 59.2 Å². The quantitative estimate of drug-likeness (QED) is 0.923. The van der Waals surface area contributed by atoms with Gasteiger partial charge in [-0.3, -0.25) is 4.79 Å². The van der Waals surface area contributed by atoms with Crippen molar-refractivity contribution in [3.05, 3.63) is 29.1 Å². The van der Waals surface area contributed by atoms with E-state index in [1.54, 1.807) is 0 Å². The molecule has 0 unspecified atom stereocenters. The predicted molar refractivity (Wildman–Crippen MR) is 83.0 cm³/mol. The number of amides is 1. The van der Waals surface area contributed by atoms with Gasteiger partial charge in [-0.15, -0.1) is 11.3 Å². The lowest BCUT2D eigenvalue weighted by molar-refractivity contribution is -0.122. The van der Waals surface area contributed by atoms with E-state index in [1.165, 1.54) is 11.3 Å². The number of benzene rings is 1. The number of hydrogen-bond donors (Lipinski definition) is 1. The first-order chi connectivity index (χ1) is 9.45. The highest BCUT2D eigenvalue weighted by molar-refractivity contribution is 7.13. The molecule has 2 aromatic rings. The van der Waals surface area contributed by atoms with Gasteiger partial charge >= 0.3 is 0 Å². The highest BCUT2D eigenvalue weighted by Gasteiger charge is 2.43. The second-order valence-electron chi connectivity index (χ2n) is 5.48. The minimum atomic E-state index is -0.483. The third-order valence-electron chi connectivity index (χ3n) is 3.87. The van der Waals surface area contributed by atoms with Crippen LogP contribution < -0.4 is 10.6 Å². The van der Waals surface area contributed by atoms with Gasteiger partial charge < -0.3 is 10.6 Å². The number of thiazole rings is 1. The van der Waals surface area contributed by atoms with Crippen LogP contribution in [0.4, 0.5) is 10.8 Å². The number of nitrogens with zero attached hydrogens (tertiary/aromatic N) is 2. The molecule has 0 fully saturated rings. The van der Waals surface area contributed by atoms with Gasteiger partial charge in [-0.05, 0) is 38.5 Å². The largest absolute Gasteiger partial charge is 0.375 e. The molecule has 104 valence electrons. The summed E-state index contributed by atoms with van der Waals surface area (Å²) in [4.78, 5) is 18.6. The van der Waals surface area contributed by atoms with E-state index >= 15 is 0 Å². The van der Waals surface area contributed by atoms with Crippen LogP contribution in [0.3, 0.4) is 0 Å². The Balaban J connectivity index is 2.14. The summed E-state index contributed by atoms with van der Waals surface area (Å²) in [5, 5.41) is 2.50. The zero-order chi connectivity index (χ0) is 14.5. The van der Waals surface area contributed by atoms with Crippen LogP contribution >= 0.6 is 11.3 Å². The van der Waals surface area contributed by atoms with E-state index in [9.17, 15) is 4.79 Å². The van der Waals surface area contributed by atoms with Crippen molar-refractivity contribution in [2.45, 2.75) is 26.2 Å². The average molecular weight is 287 g/mol. The maximum Gasteiger partial charge on any atom is 0.237 e. The molecular weight excluding hydrogens is 270 g/mol. The van der Waals surface area contributed by atoms with Crippen molar-refractivity contribution in [2.75, 3.05) is 17.2 Å². The van der Waals surface area contributed by atoms with Crippen LogP contribution in [0.15, 0.2) is 23.6 Å². The van der Waals surface area contributed by atoms with Crippen LogP contribution in [0.1, 0.15) is 26.3 Å². The number of aromatic nitrogens is 1. The van der Waals surface area contributed by atoms with E-state index in [0.717, 1.165) is 22.5 Å². The predicted octanol–water partition coefficient (Wildman–Crippen LogP) is 3.04. The second-order valence-corrected chi connectivity index (χ2v) is 6.37. The first-order valence-corrected chi connectivity index (χ1v) is 7.51. The molecule has 0 spiro atoms. The Morgan fingerprint density at radius 2 is 2.15 bits per heavy atom. The summed E-state index contributed by atoms with van der Waals surface area (Å²) in [5.41, 5.74) is 9.16. The fraction of sp³-hybridized carbons (Fsp3) is 0.333. The van der Waals surface area contributed by atoms with Crippen molar-refractivity contribution in [3.8, 4) is 11.3 Å². The van der Waals surface area contributed by atoms with Gasteiger partial charge in [-0.25, -0.2) is 4.98 Å². The van der Waals surface area contributed by atoms with Crippen molar-refractivity contribution in [2.24, 2.45) is 0 Å². The van der Waals surface area contributed by atoms with E-state index in [1.807, 2.05) is 43.2 Å². The number of hydrogen-bond acceptors (Lipinski definition) is 4. The Kier molecular flexibility index (Phi) is 2.83. The molecule has 0 saturated carbocycles. The van der Waals surface area contributed by atoms with Gasteiger partial charge in [0.05, 0.1) is 11.1 Å². The number of fused-ring (bicyclic) bond motifs is 1. The first-order valence-electron chi connectivity index (χ1n) is 6.63. The molecule has 0 saturated heterocycles. The van der Waals surface area contributed by atoms with Crippen LogP contribution in [0, 0.1) is 0 Å². The van der Waals surface area contributed by atoms with Gasteiger partial charge in [-0.1, -0.05) is 6.07 Å². The molecular formula is C15H17N3OS. The van der Waals surface area contributed by atoms with Crippen LogP contribution in [0.2, 0.25) is 0 Å². The molecule has 0 bridgehead atoms. The number of carbonyl (C=O) groups is 1. The molecule has 2 N–H and O–H groups in total. The SMILES string of the molecule is CCN1C(=O)C(C)(C)c2cc(-c3csc(N)n3)ccc21. The monoisotopic (exact) mass is 287 g/mol. The van der Waals surface area contributed by atoms with Gasteiger partial charge in [0.25, 0.3) is 0 Å². The molecule has 1 aliphatic heterocycles. The van der Waals surface area contributed by atoms with Gasteiger partial charge in [-0.2, -0.15) is 0 Å². The molecule has 0 atom stereocenters. The number of rotatable bonds is 2. The standard InChI is InChI=1S/C15H17N3OS/c1-4-18-12-6-5-9(11-8-20-14(16)17-11)7-10(12)15(2,3)13(18)19/h5-8H,4H2,1-3H3,(H2,16,17). The lowest BCUT2D eigenvalue weighted by Gasteiger charge is -2.18. The molecule has 20 heavy (non-hydrogen) atoms. The minimum absolute atomic E-state index is 0.157. The smallest absolute Gasteiger partial charge is 0.237 e. The highest BCUT2D eigenvalue weighted by Crippen LogP contribution is 2.43. The fourth-order valence-corrected chi connectivity index (χ4v) is 3.30. The van der Waals surface area contributed by atoms with Crippen LogP contribution in [0.5, 0.6) is 0 Å². The van der Waals surface area contributed by atoms with Crippen LogP contribution in [0.25, 0.3) is 11.3 Å². The zero-order valence-corrected chi connectivity index (χ0v) is 12.6. The molecule has 0 aliphatic carbocycles. The fourth-order valence-electron chi connectivity index (χ4n) is 2.73. The molecule has 1 aromatic carbocycles. The van der Waals surface area contributed by atoms with Crippen molar-refractivity contribution < 1.29 is 4.79 Å². The van der Waals surface area contributed by atoms with Crippen molar-refractivity contribution in [3.63, 3.8) is 0 Å².